The van der Waals surface area contributed by atoms with Gasteiger partial charge in [0, 0.05) is 25.0 Å². The molecule has 126 valence electrons. The fourth-order valence-electron chi connectivity index (χ4n) is 3.97. The topological polar surface area (TPSA) is 60.0 Å². The number of nitrogens with one attached hydrogen (secondary N) is 1. The van der Waals surface area contributed by atoms with E-state index < -0.39 is 0 Å². The zero-order chi connectivity index (χ0) is 16.5. The number of aromatic nitrogens is 5. The summed E-state index contributed by atoms with van der Waals surface area (Å²) in [6, 6.07) is 4.53. The van der Waals surface area contributed by atoms with E-state index in [1.165, 1.54) is 25.7 Å². The smallest absolute Gasteiger partial charge is 0.241 e. The molecule has 0 saturated heterocycles. The molecule has 0 bridgehead atoms. The Kier molecular flexibility index (Phi) is 3.96. The van der Waals surface area contributed by atoms with Crippen molar-refractivity contribution in [2.24, 2.45) is 5.92 Å². The predicted molar refractivity (Wildman–Crippen MR) is 95.0 cm³/mol. The van der Waals surface area contributed by atoms with Crippen molar-refractivity contribution < 1.29 is 0 Å². The molecule has 6 nitrogen and oxygen atoms in total. The average molecular weight is 324 g/mol. The molecule has 24 heavy (non-hydrogen) atoms. The lowest BCUT2D eigenvalue weighted by molar-refractivity contribution is 0.301. The molecular weight excluding hydrogens is 300 g/mol. The van der Waals surface area contributed by atoms with Crippen LogP contribution in [0, 0.1) is 5.92 Å². The Bertz CT molecular complexity index is 827. The van der Waals surface area contributed by atoms with Gasteiger partial charge in [-0.1, -0.05) is 19.8 Å². The molecule has 6 heteroatoms. The molecule has 3 aromatic heterocycles. The first kappa shape index (κ1) is 15.2. The SMILES string of the molecule is CCC(C1CCCC1)n1cc(-c2nc(NC)nn3cccc23)cn1. The molecule has 0 radical (unpaired) electrons. The zero-order valence-corrected chi connectivity index (χ0v) is 14.3. The van der Waals surface area contributed by atoms with Crippen LogP contribution in [0.4, 0.5) is 5.95 Å². The minimum Gasteiger partial charge on any atom is -0.356 e. The van der Waals surface area contributed by atoms with E-state index in [9.17, 15) is 0 Å². The van der Waals surface area contributed by atoms with E-state index in [-0.39, 0.29) is 0 Å². The summed E-state index contributed by atoms with van der Waals surface area (Å²) in [5.41, 5.74) is 2.98. The molecule has 1 saturated carbocycles. The maximum atomic E-state index is 4.68. The van der Waals surface area contributed by atoms with Crippen LogP contribution in [0.1, 0.15) is 45.1 Å². The van der Waals surface area contributed by atoms with Gasteiger partial charge in [0.1, 0.15) is 5.69 Å². The Morgan fingerprint density at radius 2 is 2.17 bits per heavy atom. The Hall–Kier alpha value is -2.37. The second kappa shape index (κ2) is 6.26. The van der Waals surface area contributed by atoms with Gasteiger partial charge in [0.2, 0.25) is 5.95 Å². The zero-order valence-electron chi connectivity index (χ0n) is 14.3. The van der Waals surface area contributed by atoms with Gasteiger partial charge in [-0.25, -0.2) is 9.50 Å². The minimum atomic E-state index is 0.495. The minimum absolute atomic E-state index is 0.495. The molecule has 1 fully saturated rings. The Balaban J connectivity index is 1.73. The quantitative estimate of drug-likeness (QED) is 0.776. The molecule has 1 aliphatic rings. The summed E-state index contributed by atoms with van der Waals surface area (Å²) in [4.78, 5) is 4.66. The van der Waals surface area contributed by atoms with Crippen molar-refractivity contribution >= 4 is 11.5 Å². The van der Waals surface area contributed by atoms with Crippen LogP contribution in [-0.2, 0) is 0 Å². The van der Waals surface area contributed by atoms with Crippen LogP contribution in [0.5, 0.6) is 0 Å². The lowest BCUT2D eigenvalue weighted by Gasteiger charge is -2.22. The summed E-state index contributed by atoms with van der Waals surface area (Å²) in [5.74, 6) is 1.37. The molecular formula is C18H24N6. The molecule has 1 unspecified atom stereocenters. The van der Waals surface area contributed by atoms with Crippen molar-refractivity contribution in [3.05, 3.63) is 30.7 Å². The number of rotatable bonds is 5. The Morgan fingerprint density at radius 3 is 2.92 bits per heavy atom. The summed E-state index contributed by atoms with van der Waals surface area (Å²) in [7, 11) is 1.84. The van der Waals surface area contributed by atoms with E-state index in [1.807, 2.05) is 36.1 Å². The molecule has 3 heterocycles. The van der Waals surface area contributed by atoms with Crippen LogP contribution in [0.3, 0.4) is 0 Å². The van der Waals surface area contributed by atoms with Gasteiger partial charge >= 0.3 is 0 Å². The first-order chi connectivity index (χ1) is 11.8. The van der Waals surface area contributed by atoms with Gasteiger partial charge in [-0.15, -0.1) is 5.10 Å². The maximum absolute atomic E-state index is 4.68. The van der Waals surface area contributed by atoms with Crippen molar-refractivity contribution in [2.45, 2.75) is 45.1 Å². The highest BCUT2D eigenvalue weighted by atomic mass is 15.3. The van der Waals surface area contributed by atoms with E-state index in [0.29, 0.717) is 12.0 Å². The fourth-order valence-corrected chi connectivity index (χ4v) is 3.97. The van der Waals surface area contributed by atoms with E-state index >= 15 is 0 Å². The van der Waals surface area contributed by atoms with Gasteiger partial charge in [-0.05, 0) is 37.3 Å². The van der Waals surface area contributed by atoms with Crippen LogP contribution in [0.2, 0.25) is 0 Å². The van der Waals surface area contributed by atoms with Crippen molar-refractivity contribution in [1.82, 2.24) is 24.4 Å². The third-order valence-electron chi connectivity index (χ3n) is 5.19. The van der Waals surface area contributed by atoms with Crippen LogP contribution >= 0.6 is 0 Å². The van der Waals surface area contributed by atoms with E-state index in [2.05, 4.69) is 38.3 Å². The van der Waals surface area contributed by atoms with Gasteiger partial charge in [0.15, 0.2) is 0 Å². The average Bonchev–Trinajstić information content (AvgIpc) is 3.36. The monoisotopic (exact) mass is 324 g/mol. The molecule has 1 atom stereocenters. The Labute approximate surface area is 141 Å². The fraction of sp³-hybridized carbons (Fsp3) is 0.500. The standard InChI is InChI=1S/C18H24N6/c1-3-15(13-7-4-5-8-13)24-12-14(11-20-24)17-16-9-6-10-23(16)22-18(19-2)21-17/h6,9-13,15H,3-5,7-8H2,1-2H3,(H,19,22). The number of nitrogens with zero attached hydrogens (tertiary/aromatic N) is 5. The van der Waals surface area contributed by atoms with Gasteiger partial charge in [0.05, 0.1) is 17.8 Å². The summed E-state index contributed by atoms with van der Waals surface area (Å²) in [6.45, 7) is 2.26. The largest absolute Gasteiger partial charge is 0.356 e. The molecule has 0 aromatic carbocycles. The summed E-state index contributed by atoms with van der Waals surface area (Å²) in [6.07, 6.45) is 12.5. The molecule has 1 aliphatic carbocycles. The van der Waals surface area contributed by atoms with Gasteiger partial charge in [-0.3, -0.25) is 4.68 Å². The summed E-state index contributed by atoms with van der Waals surface area (Å²) >= 11 is 0. The van der Waals surface area contributed by atoms with Crippen LogP contribution in [0.15, 0.2) is 30.7 Å². The molecule has 4 rings (SSSR count). The number of hydrogen-bond acceptors (Lipinski definition) is 4. The molecule has 0 spiro atoms. The normalized spacial score (nSPS) is 16.8. The molecule has 1 N–H and O–H groups in total. The van der Waals surface area contributed by atoms with Crippen LogP contribution < -0.4 is 5.32 Å². The first-order valence-corrected chi connectivity index (χ1v) is 8.88. The second-order valence-electron chi connectivity index (χ2n) is 6.60. The van der Waals surface area contributed by atoms with Crippen molar-refractivity contribution in [1.29, 1.82) is 0 Å². The lowest BCUT2D eigenvalue weighted by Crippen LogP contribution is -2.17. The highest BCUT2D eigenvalue weighted by Gasteiger charge is 2.26. The maximum Gasteiger partial charge on any atom is 0.241 e. The van der Waals surface area contributed by atoms with Crippen molar-refractivity contribution in [3.8, 4) is 11.3 Å². The third-order valence-corrected chi connectivity index (χ3v) is 5.19. The van der Waals surface area contributed by atoms with Gasteiger partial charge < -0.3 is 5.32 Å². The summed E-state index contributed by atoms with van der Waals surface area (Å²) < 4.78 is 4.02. The Morgan fingerprint density at radius 1 is 1.33 bits per heavy atom. The molecule has 0 amide bonds. The first-order valence-electron chi connectivity index (χ1n) is 8.88. The van der Waals surface area contributed by atoms with E-state index in [1.54, 1.807) is 0 Å². The third kappa shape index (κ3) is 2.56. The highest BCUT2D eigenvalue weighted by Crippen LogP contribution is 2.36. The summed E-state index contributed by atoms with van der Waals surface area (Å²) in [5, 5.41) is 12.1. The van der Waals surface area contributed by atoms with Crippen molar-refractivity contribution in [3.63, 3.8) is 0 Å². The highest BCUT2D eigenvalue weighted by molar-refractivity contribution is 5.76. The van der Waals surface area contributed by atoms with E-state index in [4.69, 9.17) is 0 Å². The number of fused-ring (bicyclic) bond motifs is 1. The lowest BCUT2D eigenvalue weighted by atomic mass is 9.96. The van der Waals surface area contributed by atoms with Crippen molar-refractivity contribution in [2.75, 3.05) is 12.4 Å². The predicted octanol–water partition coefficient (Wildman–Crippen LogP) is 3.78. The number of anilines is 1. The molecule has 3 aromatic rings. The second-order valence-corrected chi connectivity index (χ2v) is 6.60. The molecule has 0 aliphatic heterocycles. The van der Waals surface area contributed by atoms with Crippen LogP contribution in [-0.4, -0.2) is 31.4 Å². The van der Waals surface area contributed by atoms with Gasteiger partial charge in [0.25, 0.3) is 0 Å². The van der Waals surface area contributed by atoms with E-state index in [0.717, 1.165) is 29.1 Å². The number of hydrogen-bond donors (Lipinski definition) is 1. The van der Waals surface area contributed by atoms with Gasteiger partial charge in [-0.2, -0.15) is 5.10 Å². The van der Waals surface area contributed by atoms with Crippen LogP contribution in [0.25, 0.3) is 16.8 Å².